The van der Waals surface area contributed by atoms with Crippen LogP contribution in [0.25, 0.3) is 0 Å². The van der Waals surface area contributed by atoms with E-state index in [1.165, 1.54) is 25.7 Å². The highest BCUT2D eigenvalue weighted by Crippen LogP contribution is 2.22. The molecule has 0 amide bonds. The average molecular weight is 127 g/mol. The van der Waals surface area contributed by atoms with Crippen LogP contribution in [0.15, 0.2) is 0 Å². The zero-order valence-electron chi connectivity index (χ0n) is 6.48. The Hall–Kier alpha value is -0.0400. The number of hydrogen-bond acceptors (Lipinski definition) is 1. The van der Waals surface area contributed by atoms with E-state index in [4.69, 9.17) is 0 Å². The molecule has 0 spiro atoms. The van der Waals surface area contributed by atoms with Crippen molar-refractivity contribution < 1.29 is 0 Å². The highest BCUT2D eigenvalue weighted by molar-refractivity contribution is 4.75. The van der Waals surface area contributed by atoms with Crippen molar-refractivity contribution >= 4 is 0 Å². The molecule has 1 unspecified atom stereocenters. The topological polar surface area (TPSA) is 12.0 Å². The smallest absolute Gasteiger partial charge is 0.00896 e. The van der Waals surface area contributed by atoms with Crippen LogP contribution in [-0.2, 0) is 0 Å². The van der Waals surface area contributed by atoms with E-state index in [2.05, 4.69) is 19.3 Å². The third-order valence-electron chi connectivity index (χ3n) is 2.48. The summed E-state index contributed by atoms with van der Waals surface area (Å²) in [5, 5.41) is 3.35. The van der Waals surface area contributed by atoms with Crippen LogP contribution in [-0.4, -0.2) is 13.1 Å². The summed E-state index contributed by atoms with van der Waals surface area (Å²) in [5.41, 5.74) is 0. The van der Waals surface area contributed by atoms with E-state index >= 15 is 0 Å². The minimum absolute atomic E-state index is 0.804. The highest BCUT2D eigenvalue weighted by Gasteiger charge is 2.18. The molecule has 1 N–H and O–H groups in total. The summed E-state index contributed by atoms with van der Waals surface area (Å²) in [4.78, 5) is 0. The van der Waals surface area contributed by atoms with Crippen molar-refractivity contribution in [1.82, 2.24) is 5.32 Å². The fourth-order valence-corrected chi connectivity index (χ4v) is 1.75. The maximum absolute atomic E-state index is 3.35. The number of nitrogens with one attached hydrogen (secondary N) is 1. The number of rotatable bonds is 1. The van der Waals surface area contributed by atoms with Crippen LogP contribution in [0.1, 0.15) is 32.6 Å². The van der Waals surface area contributed by atoms with E-state index in [1.54, 1.807) is 0 Å². The standard InChI is InChI=1S/C8H17N/c1-7-5-3-4-6-8(7)9-2/h7-9H,3-6H2,1-2H3/t7-,8?/m1/s1. The molecule has 2 atom stereocenters. The third kappa shape index (κ3) is 1.68. The monoisotopic (exact) mass is 127 g/mol. The van der Waals surface area contributed by atoms with E-state index < -0.39 is 0 Å². The lowest BCUT2D eigenvalue weighted by Crippen LogP contribution is -2.34. The lowest BCUT2D eigenvalue weighted by Gasteiger charge is -2.27. The molecule has 1 heteroatoms. The lowest BCUT2D eigenvalue weighted by molar-refractivity contribution is 0.294. The SMILES string of the molecule is CNC1CCCC[C@H]1C. The van der Waals surface area contributed by atoms with Gasteiger partial charge in [0.1, 0.15) is 0 Å². The summed E-state index contributed by atoms with van der Waals surface area (Å²) in [6, 6.07) is 0.804. The number of hydrogen-bond donors (Lipinski definition) is 1. The van der Waals surface area contributed by atoms with Gasteiger partial charge in [0.15, 0.2) is 0 Å². The second kappa shape index (κ2) is 3.21. The third-order valence-corrected chi connectivity index (χ3v) is 2.48. The first-order valence-electron chi connectivity index (χ1n) is 4.02. The Balaban J connectivity index is 2.30. The predicted octanol–water partition coefficient (Wildman–Crippen LogP) is 1.78. The largest absolute Gasteiger partial charge is 0.317 e. The molecular weight excluding hydrogens is 110 g/mol. The molecule has 54 valence electrons. The molecule has 0 aliphatic heterocycles. The lowest BCUT2D eigenvalue weighted by atomic mass is 9.86. The van der Waals surface area contributed by atoms with Gasteiger partial charge in [0.25, 0.3) is 0 Å². The van der Waals surface area contributed by atoms with Gasteiger partial charge < -0.3 is 5.32 Å². The van der Waals surface area contributed by atoms with Crippen molar-refractivity contribution in [2.45, 2.75) is 38.6 Å². The Kier molecular flexibility index (Phi) is 2.52. The van der Waals surface area contributed by atoms with E-state index in [9.17, 15) is 0 Å². The summed E-state index contributed by atoms with van der Waals surface area (Å²) in [5.74, 6) is 0.906. The zero-order chi connectivity index (χ0) is 6.69. The molecule has 0 aromatic heterocycles. The molecule has 0 heterocycles. The summed E-state index contributed by atoms with van der Waals surface area (Å²) < 4.78 is 0. The van der Waals surface area contributed by atoms with Crippen LogP contribution in [0.2, 0.25) is 0 Å². The molecule has 0 radical (unpaired) electrons. The molecule has 0 bridgehead atoms. The van der Waals surface area contributed by atoms with Crippen LogP contribution < -0.4 is 5.32 Å². The maximum Gasteiger partial charge on any atom is 0.00896 e. The second-order valence-electron chi connectivity index (χ2n) is 3.16. The van der Waals surface area contributed by atoms with E-state index in [0.29, 0.717) is 0 Å². The van der Waals surface area contributed by atoms with Crippen molar-refractivity contribution in [1.29, 1.82) is 0 Å². The molecule has 1 nitrogen and oxygen atoms in total. The Morgan fingerprint density at radius 3 is 2.33 bits per heavy atom. The zero-order valence-corrected chi connectivity index (χ0v) is 6.48. The van der Waals surface area contributed by atoms with Crippen molar-refractivity contribution in [3.8, 4) is 0 Å². The van der Waals surface area contributed by atoms with Gasteiger partial charge in [0, 0.05) is 6.04 Å². The van der Waals surface area contributed by atoms with Gasteiger partial charge in [-0.25, -0.2) is 0 Å². The minimum atomic E-state index is 0.804. The van der Waals surface area contributed by atoms with E-state index in [1.807, 2.05) is 0 Å². The molecule has 9 heavy (non-hydrogen) atoms. The van der Waals surface area contributed by atoms with E-state index in [-0.39, 0.29) is 0 Å². The van der Waals surface area contributed by atoms with Crippen LogP contribution >= 0.6 is 0 Å². The van der Waals surface area contributed by atoms with Gasteiger partial charge in [-0.15, -0.1) is 0 Å². The van der Waals surface area contributed by atoms with Crippen molar-refractivity contribution in [3.05, 3.63) is 0 Å². The van der Waals surface area contributed by atoms with Crippen LogP contribution in [0.4, 0.5) is 0 Å². The molecule has 0 aromatic carbocycles. The summed E-state index contributed by atoms with van der Waals surface area (Å²) in [6.45, 7) is 2.35. The van der Waals surface area contributed by atoms with Crippen LogP contribution in [0.3, 0.4) is 0 Å². The average Bonchev–Trinajstić information content (AvgIpc) is 1.89. The molecule has 0 aromatic rings. The Morgan fingerprint density at radius 1 is 1.22 bits per heavy atom. The first-order valence-corrected chi connectivity index (χ1v) is 4.02. The second-order valence-corrected chi connectivity index (χ2v) is 3.16. The van der Waals surface area contributed by atoms with Crippen LogP contribution in [0.5, 0.6) is 0 Å². The summed E-state index contributed by atoms with van der Waals surface area (Å²) in [6.07, 6.45) is 5.68. The quantitative estimate of drug-likeness (QED) is 0.566. The van der Waals surface area contributed by atoms with Gasteiger partial charge in [-0.1, -0.05) is 19.8 Å². The van der Waals surface area contributed by atoms with Gasteiger partial charge >= 0.3 is 0 Å². The molecule has 1 saturated carbocycles. The fourth-order valence-electron chi connectivity index (χ4n) is 1.75. The first-order chi connectivity index (χ1) is 4.34. The summed E-state index contributed by atoms with van der Waals surface area (Å²) >= 11 is 0. The molecule has 1 rings (SSSR count). The Morgan fingerprint density at radius 2 is 1.89 bits per heavy atom. The van der Waals surface area contributed by atoms with Crippen molar-refractivity contribution in [2.24, 2.45) is 5.92 Å². The van der Waals surface area contributed by atoms with Crippen molar-refractivity contribution in [3.63, 3.8) is 0 Å². The minimum Gasteiger partial charge on any atom is -0.317 e. The van der Waals surface area contributed by atoms with Gasteiger partial charge in [0.05, 0.1) is 0 Å². The molecule has 1 aliphatic rings. The fraction of sp³-hybridized carbons (Fsp3) is 1.00. The summed E-state index contributed by atoms with van der Waals surface area (Å²) in [7, 11) is 2.08. The maximum atomic E-state index is 3.35. The van der Waals surface area contributed by atoms with Gasteiger partial charge in [-0.2, -0.15) is 0 Å². The first kappa shape index (κ1) is 7.07. The highest BCUT2D eigenvalue weighted by atomic mass is 14.9. The molecule has 1 aliphatic carbocycles. The Bertz CT molecular complexity index is 80.6. The van der Waals surface area contributed by atoms with Crippen molar-refractivity contribution in [2.75, 3.05) is 7.05 Å². The van der Waals surface area contributed by atoms with Gasteiger partial charge in [-0.3, -0.25) is 0 Å². The molecule has 1 fully saturated rings. The van der Waals surface area contributed by atoms with Gasteiger partial charge in [-0.05, 0) is 25.8 Å². The van der Waals surface area contributed by atoms with Gasteiger partial charge in [0.2, 0.25) is 0 Å². The molecular formula is C8H17N. The Labute approximate surface area is 57.8 Å². The molecule has 0 saturated heterocycles. The predicted molar refractivity (Wildman–Crippen MR) is 40.5 cm³/mol. The van der Waals surface area contributed by atoms with E-state index in [0.717, 1.165) is 12.0 Å². The normalized spacial score (nSPS) is 36.7. The van der Waals surface area contributed by atoms with Crippen LogP contribution in [0, 0.1) is 5.92 Å².